The summed E-state index contributed by atoms with van der Waals surface area (Å²) in [5.41, 5.74) is 5.98. The lowest BCUT2D eigenvalue weighted by Crippen LogP contribution is -2.19. The first-order chi connectivity index (χ1) is 17.7. The second-order valence-electron chi connectivity index (χ2n) is 11.5. The fourth-order valence-corrected chi connectivity index (χ4v) is 5.22. The lowest BCUT2D eigenvalue weighted by molar-refractivity contribution is -0.118. The Morgan fingerprint density at radius 1 is 1.05 bits per heavy atom. The van der Waals surface area contributed by atoms with E-state index >= 15 is 0 Å². The minimum absolute atomic E-state index is 0.0239. The number of imidazole rings is 1. The Kier molecular flexibility index (Phi) is 7.07. The van der Waals surface area contributed by atoms with Crippen LogP contribution in [0.15, 0.2) is 95.9 Å². The number of fused-ring (bicyclic) bond motifs is 2. The van der Waals surface area contributed by atoms with Crippen LogP contribution in [0.3, 0.4) is 0 Å². The predicted octanol–water partition coefficient (Wildman–Crippen LogP) is 5.65. The van der Waals surface area contributed by atoms with Gasteiger partial charge in [0, 0.05) is 37.5 Å². The van der Waals surface area contributed by atoms with Gasteiger partial charge in [-0.15, -0.1) is 0 Å². The number of nitrogens with one attached hydrogen (secondary N) is 1. The van der Waals surface area contributed by atoms with Crippen LogP contribution in [-0.2, 0) is 22.6 Å². The fourth-order valence-electron chi connectivity index (χ4n) is 5.22. The highest BCUT2D eigenvalue weighted by molar-refractivity contribution is 6.09. The number of hydrogen-bond acceptors (Lipinski definition) is 4. The number of Topliss-reactive ketones (excluding diaryl/α,β-unsaturated/α-hetero) is 1. The Hall–Kier alpha value is -3.57. The first kappa shape index (κ1) is 25.1. The van der Waals surface area contributed by atoms with Gasteiger partial charge >= 0.3 is 0 Å². The lowest BCUT2D eigenvalue weighted by atomic mass is 9.83. The first-order valence-corrected chi connectivity index (χ1v) is 13.1. The number of carbonyl (C=O) groups is 2. The normalized spacial score (nSPS) is 20.7. The highest BCUT2D eigenvalue weighted by Crippen LogP contribution is 2.30. The van der Waals surface area contributed by atoms with Crippen molar-refractivity contribution in [2.75, 3.05) is 6.54 Å². The van der Waals surface area contributed by atoms with Crippen molar-refractivity contribution < 1.29 is 9.59 Å². The number of aromatic nitrogens is 2. The van der Waals surface area contributed by atoms with Gasteiger partial charge in [0.25, 0.3) is 0 Å². The summed E-state index contributed by atoms with van der Waals surface area (Å²) in [5, 5.41) is 3.55. The highest BCUT2D eigenvalue weighted by atomic mass is 16.1. The van der Waals surface area contributed by atoms with Crippen molar-refractivity contribution in [1.82, 2.24) is 14.7 Å². The van der Waals surface area contributed by atoms with Gasteiger partial charge in [0.05, 0.1) is 11.6 Å². The molecule has 3 aliphatic carbocycles. The molecule has 0 radical (unpaired) electrons. The van der Waals surface area contributed by atoms with Crippen LogP contribution in [0.25, 0.3) is 5.65 Å². The van der Waals surface area contributed by atoms with Crippen molar-refractivity contribution in [2.24, 2.45) is 17.3 Å². The molecular weight excluding hydrogens is 458 g/mol. The van der Waals surface area contributed by atoms with E-state index in [2.05, 4.69) is 61.6 Å². The topological polar surface area (TPSA) is 63.5 Å². The van der Waals surface area contributed by atoms with E-state index in [4.69, 9.17) is 0 Å². The van der Waals surface area contributed by atoms with Crippen LogP contribution in [-0.4, -0.2) is 27.5 Å². The SMILES string of the molecule is CC(C)(C)CC1C=CC(CNCc2ccc3nc(CCC(=O)C4=CC(=O)C5C=CC=CC5=C4)cn3c2)=C1. The van der Waals surface area contributed by atoms with E-state index in [9.17, 15) is 9.59 Å². The molecule has 37 heavy (non-hydrogen) atoms. The summed E-state index contributed by atoms with van der Waals surface area (Å²) in [7, 11) is 0. The van der Waals surface area contributed by atoms with Gasteiger partial charge < -0.3 is 9.72 Å². The van der Waals surface area contributed by atoms with E-state index in [1.165, 1.54) is 23.6 Å². The molecule has 5 rings (SSSR count). The zero-order valence-electron chi connectivity index (χ0n) is 21.9. The van der Waals surface area contributed by atoms with Crippen LogP contribution < -0.4 is 5.32 Å². The smallest absolute Gasteiger partial charge is 0.167 e. The molecule has 5 heteroatoms. The van der Waals surface area contributed by atoms with E-state index < -0.39 is 0 Å². The average molecular weight is 494 g/mol. The molecular formula is C32H35N3O2. The molecule has 0 amide bonds. The van der Waals surface area contributed by atoms with Gasteiger partial charge in [-0.25, -0.2) is 4.98 Å². The van der Waals surface area contributed by atoms with Gasteiger partial charge in [-0.05, 0) is 59.1 Å². The van der Waals surface area contributed by atoms with Gasteiger partial charge in [0.2, 0.25) is 0 Å². The summed E-state index contributed by atoms with van der Waals surface area (Å²) in [4.78, 5) is 29.9. The van der Waals surface area contributed by atoms with Crippen molar-refractivity contribution in [3.63, 3.8) is 0 Å². The Morgan fingerprint density at radius 3 is 2.76 bits per heavy atom. The van der Waals surface area contributed by atoms with Crippen LogP contribution in [0.1, 0.15) is 44.9 Å². The van der Waals surface area contributed by atoms with Gasteiger partial charge in [0.1, 0.15) is 5.65 Å². The summed E-state index contributed by atoms with van der Waals surface area (Å²) in [5.74, 6) is 0.235. The molecule has 3 aliphatic rings. The molecule has 0 spiro atoms. The Morgan fingerprint density at radius 2 is 1.92 bits per heavy atom. The quantitative estimate of drug-likeness (QED) is 0.490. The summed E-state index contributed by atoms with van der Waals surface area (Å²) in [6.45, 7) is 8.49. The molecule has 0 bridgehead atoms. The second-order valence-corrected chi connectivity index (χ2v) is 11.5. The molecule has 2 atom stereocenters. The van der Waals surface area contributed by atoms with Crippen molar-refractivity contribution in [3.8, 4) is 0 Å². The molecule has 2 heterocycles. The molecule has 5 nitrogen and oxygen atoms in total. The molecule has 190 valence electrons. The zero-order valence-corrected chi connectivity index (χ0v) is 21.9. The molecule has 0 fully saturated rings. The number of aryl methyl sites for hydroxylation is 1. The number of carbonyl (C=O) groups excluding carboxylic acids is 2. The van der Waals surface area contributed by atoms with Crippen LogP contribution in [0.2, 0.25) is 0 Å². The number of nitrogens with zero attached hydrogens (tertiary/aromatic N) is 2. The number of pyridine rings is 1. The maximum absolute atomic E-state index is 12.8. The number of allylic oxidation sites excluding steroid dienone is 10. The third-order valence-corrected chi connectivity index (χ3v) is 6.97. The van der Waals surface area contributed by atoms with Gasteiger partial charge in [-0.3, -0.25) is 9.59 Å². The van der Waals surface area contributed by atoms with Crippen LogP contribution in [0.4, 0.5) is 0 Å². The minimum atomic E-state index is -0.250. The van der Waals surface area contributed by atoms with Crippen molar-refractivity contribution in [3.05, 3.63) is 107 Å². The predicted molar refractivity (Wildman–Crippen MR) is 148 cm³/mol. The lowest BCUT2D eigenvalue weighted by Gasteiger charge is -2.20. The summed E-state index contributed by atoms with van der Waals surface area (Å²) < 4.78 is 2.03. The van der Waals surface area contributed by atoms with E-state index in [1.807, 2.05) is 47.0 Å². The first-order valence-electron chi connectivity index (χ1n) is 13.1. The van der Waals surface area contributed by atoms with Crippen molar-refractivity contribution in [2.45, 2.75) is 46.6 Å². The molecule has 0 saturated carbocycles. The molecule has 2 unspecified atom stereocenters. The number of rotatable bonds is 9. The highest BCUT2D eigenvalue weighted by Gasteiger charge is 2.25. The van der Waals surface area contributed by atoms with Gasteiger partial charge in [-0.1, -0.05) is 69.4 Å². The largest absolute Gasteiger partial charge is 0.309 e. The summed E-state index contributed by atoms with van der Waals surface area (Å²) in [6, 6.07) is 4.12. The van der Waals surface area contributed by atoms with Crippen LogP contribution in [0.5, 0.6) is 0 Å². The molecule has 1 N–H and O–H groups in total. The van der Waals surface area contributed by atoms with Gasteiger partial charge in [0.15, 0.2) is 11.6 Å². The minimum Gasteiger partial charge on any atom is -0.309 e. The molecule has 0 saturated heterocycles. The third kappa shape index (κ3) is 6.23. The maximum Gasteiger partial charge on any atom is 0.167 e. The van der Waals surface area contributed by atoms with Crippen LogP contribution >= 0.6 is 0 Å². The van der Waals surface area contributed by atoms with E-state index in [0.29, 0.717) is 29.7 Å². The maximum atomic E-state index is 12.8. The number of ketones is 2. The monoisotopic (exact) mass is 493 g/mol. The average Bonchev–Trinajstić information content (AvgIpc) is 3.47. The van der Waals surface area contributed by atoms with Crippen molar-refractivity contribution >= 4 is 17.2 Å². The molecule has 2 aromatic heterocycles. The Bertz CT molecular complexity index is 1410. The zero-order chi connectivity index (χ0) is 26.0. The van der Waals surface area contributed by atoms with E-state index in [1.54, 1.807) is 0 Å². The Labute approximate surface area is 219 Å². The van der Waals surface area contributed by atoms with Crippen molar-refractivity contribution in [1.29, 1.82) is 0 Å². The van der Waals surface area contributed by atoms with E-state index in [0.717, 1.165) is 30.0 Å². The molecule has 0 aliphatic heterocycles. The molecule has 0 aromatic carbocycles. The Balaban J connectivity index is 1.14. The second kappa shape index (κ2) is 10.4. The van der Waals surface area contributed by atoms with Gasteiger partial charge in [-0.2, -0.15) is 0 Å². The third-order valence-electron chi connectivity index (χ3n) is 6.97. The molecule has 2 aromatic rings. The van der Waals surface area contributed by atoms with Crippen LogP contribution in [0, 0.1) is 17.3 Å². The number of hydrogen-bond donors (Lipinski definition) is 1. The van der Waals surface area contributed by atoms with E-state index in [-0.39, 0.29) is 17.5 Å². The standard InChI is InChI=1S/C32H35N3O2/c1-32(2,3)17-22-8-9-23(14-22)18-33-19-24-10-13-31-34-27(21-35(31)20-24)11-12-29(36)26-15-25-6-4-5-7-28(25)30(37)16-26/h4-10,13-16,20-22,28,33H,11-12,17-19H2,1-3H3. The fraction of sp³-hybridized carbons (Fsp3) is 0.344. The summed E-state index contributed by atoms with van der Waals surface area (Å²) in [6.07, 6.45) is 23.9. The summed E-state index contributed by atoms with van der Waals surface area (Å²) >= 11 is 0.